The summed E-state index contributed by atoms with van der Waals surface area (Å²) in [6, 6.07) is 12.5. The Labute approximate surface area is 139 Å². The number of hydrogen-bond acceptors (Lipinski definition) is 4. The molecule has 5 nitrogen and oxygen atoms in total. The second-order valence-corrected chi connectivity index (χ2v) is 5.25. The number of allylic oxidation sites excluding steroid dienone is 1. The van der Waals surface area contributed by atoms with Crippen molar-refractivity contribution in [1.29, 1.82) is 0 Å². The average Bonchev–Trinajstić information content (AvgIpc) is 2.60. The fourth-order valence-corrected chi connectivity index (χ4v) is 2.35. The number of nitrogens with one attached hydrogen (secondary N) is 1. The molecule has 2 aromatic carbocycles. The van der Waals surface area contributed by atoms with Crippen LogP contribution in [0, 0.1) is 0 Å². The lowest BCUT2D eigenvalue weighted by Gasteiger charge is -2.17. The third kappa shape index (κ3) is 3.63. The van der Waals surface area contributed by atoms with Gasteiger partial charge in [0.1, 0.15) is 11.5 Å². The van der Waals surface area contributed by atoms with Gasteiger partial charge >= 0.3 is 0 Å². The van der Waals surface area contributed by atoms with Gasteiger partial charge in [0, 0.05) is 5.56 Å². The third-order valence-corrected chi connectivity index (χ3v) is 3.52. The maximum atomic E-state index is 12.3. The molecule has 0 saturated carbocycles. The summed E-state index contributed by atoms with van der Waals surface area (Å²) in [5.74, 6) is 0.997. The van der Waals surface area contributed by atoms with Crippen molar-refractivity contribution < 1.29 is 19.1 Å². The van der Waals surface area contributed by atoms with E-state index in [0.717, 1.165) is 11.3 Å². The van der Waals surface area contributed by atoms with Gasteiger partial charge in [0.25, 0.3) is 5.91 Å². The van der Waals surface area contributed by atoms with Gasteiger partial charge in [-0.15, -0.1) is 0 Å². The minimum absolute atomic E-state index is 0.00205. The molecule has 3 rings (SSSR count). The van der Waals surface area contributed by atoms with E-state index in [1.54, 1.807) is 24.3 Å². The van der Waals surface area contributed by atoms with Crippen LogP contribution in [0.15, 0.2) is 48.5 Å². The molecule has 1 aliphatic rings. The molecule has 0 unspecified atom stereocenters. The Kier molecular flexibility index (Phi) is 4.61. The summed E-state index contributed by atoms with van der Waals surface area (Å²) in [5, 5.41) is 2.69. The third-order valence-electron chi connectivity index (χ3n) is 3.52. The van der Waals surface area contributed by atoms with E-state index in [2.05, 4.69) is 5.32 Å². The second kappa shape index (κ2) is 7.00. The number of benzene rings is 2. The molecule has 1 aliphatic heterocycles. The zero-order valence-corrected chi connectivity index (χ0v) is 13.2. The normalized spacial score (nSPS) is 13.1. The summed E-state index contributed by atoms with van der Waals surface area (Å²) in [4.78, 5) is 23.6. The summed E-state index contributed by atoms with van der Waals surface area (Å²) < 4.78 is 10.7. The number of ketones is 1. The van der Waals surface area contributed by atoms with Crippen LogP contribution in [0.4, 0.5) is 5.69 Å². The van der Waals surface area contributed by atoms with E-state index in [4.69, 9.17) is 9.47 Å². The molecule has 24 heavy (non-hydrogen) atoms. The monoisotopic (exact) mass is 323 g/mol. The SMILES string of the molecule is CCOc1ccc(/C=C/C(=O)c2ccc3c(c2)NC(=O)CO3)cc1. The van der Waals surface area contributed by atoms with Crippen molar-refractivity contribution in [3.8, 4) is 11.5 Å². The lowest BCUT2D eigenvalue weighted by molar-refractivity contribution is -0.118. The van der Waals surface area contributed by atoms with Crippen LogP contribution in [0.1, 0.15) is 22.8 Å². The molecule has 0 aromatic heterocycles. The Balaban J connectivity index is 1.72. The summed E-state index contributed by atoms with van der Waals surface area (Å²) >= 11 is 0. The van der Waals surface area contributed by atoms with Gasteiger partial charge in [-0.2, -0.15) is 0 Å². The number of ether oxygens (including phenoxy) is 2. The van der Waals surface area contributed by atoms with Crippen LogP contribution >= 0.6 is 0 Å². The predicted octanol–water partition coefficient (Wildman–Crippen LogP) is 3.31. The standard InChI is InChI=1S/C19H17NO4/c1-2-23-15-7-3-13(4-8-15)5-9-17(21)14-6-10-18-16(11-14)20-19(22)12-24-18/h3-11H,2,12H2,1H3,(H,20,22)/b9-5+. The number of carbonyl (C=O) groups is 2. The first-order chi connectivity index (χ1) is 11.7. The van der Waals surface area contributed by atoms with Crippen LogP contribution in [-0.2, 0) is 4.79 Å². The first-order valence-electron chi connectivity index (χ1n) is 7.67. The molecule has 5 heteroatoms. The minimum atomic E-state index is -0.225. The number of hydrogen-bond donors (Lipinski definition) is 1. The molecule has 1 amide bonds. The van der Waals surface area contributed by atoms with Gasteiger partial charge in [-0.25, -0.2) is 0 Å². The summed E-state index contributed by atoms with van der Waals surface area (Å²) in [7, 11) is 0. The molecule has 0 bridgehead atoms. The van der Waals surface area contributed by atoms with Gasteiger partial charge in [0.15, 0.2) is 12.4 Å². The van der Waals surface area contributed by atoms with Crippen molar-refractivity contribution in [2.24, 2.45) is 0 Å². The highest BCUT2D eigenvalue weighted by molar-refractivity contribution is 6.08. The van der Waals surface area contributed by atoms with Gasteiger partial charge in [-0.1, -0.05) is 18.2 Å². The number of fused-ring (bicyclic) bond motifs is 1. The van der Waals surface area contributed by atoms with Gasteiger partial charge in [0.05, 0.1) is 12.3 Å². The molecule has 0 aliphatic carbocycles. The first-order valence-corrected chi connectivity index (χ1v) is 7.67. The van der Waals surface area contributed by atoms with E-state index in [0.29, 0.717) is 23.6 Å². The maximum Gasteiger partial charge on any atom is 0.262 e. The van der Waals surface area contributed by atoms with Gasteiger partial charge in [0.2, 0.25) is 0 Å². The van der Waals surface area contributed by atoms with Crippen LogP contribution < -0.4 is 14.8 Å². The summed E-state index contributed by atoms with van der Waals surface area (Å²) in [5.41, 5.74) is 1.91. The van der Waals surface area contributed by atoms with Gasteiger partial charge in [-0.3, -0.25) is 9.59 Å². The van der Waals surface area contributed by atoms with Crippen LogP contribution in [0.5, 0.6) is 11.5 Å². The van der Waals surface area contributed by atoms with Crippen molar-refractivity contribution in [3.63, 3.8) is 0 Å². The number of anilines is 1. The smallest absolute Gasteiger partial charge is 0.262 e. The molecule has 0 saturated heterocycles. The van der Waals surface area contributed by atoms with Crippen molar-refractivity contribution in [1.82, 2.24) is 0 Å². The number of amides is 1. The van der Waals surface area contributed by atoms with Crippen molar-refractivity contribution in [2.75, 3.05) is 18.5 Å². The molecule has 0 radical (unpaired) electrons. The van der Waals surface area contributed by atoms with Crippen LogP contribution in [0.2, 0.25) is 0 Å². The van der Waals surface area contributed by atoms with E-state index in [1.165, 1.54) is 6.08 Å². The Hall–Kier alpha value is -3.08. The fourth-order valence-electron chi connectivity index (χ4n) is 2.35. The lowest BCUT2D eigenvalue weighted by atomic mass is 10.1. The van der Waals surface area contributed by atoms with Crippen LogP contribution in [0.3, 0.4) is 0 Å². The maximum absolute atomic E-state index is 12.3. The molecule has 2 aromatic rings. The van der Waals surface area contributed by atoms with Crippen molar-refractivity contribution >= 4 is 23.5 Å². The molecule has 1 N–H and O–H groups in total. The zero-order chi connectivity index (χ0) is 16.9. The van der Waals surface area contributed by atoms with E-state index >= 15 is 0 Å². The Bertz CT molecular complexity index is 794. The molecule has 122 valence electrons. The Morgan fingerprint density at radius 1 is 1.25 bits per heavy atom. The Morgan fingerprint density at radius 2 is 2.04 bits per heavy atom. The fraction of sp³-hybridized carbons (Fsp3) is 0.158. The van der Waals surface area contributed by atoms with E-state index in [1.807, 2.05) is 31.2 Å². The zero-order valence-electron chi connectivity index (χ0n) is 13.2. The van der Waals surface area contributed by atoms with Crippen molar-refractivity contribution in [3.05, 3.63) is 59.7 Å². The summed E-state index contributed by atoms with van der Waals surface area (Å²) in [6.45, 7) is 2.54. The predicted molar refractivity (Wildman–Crippen MR) is 91.5 cm³/mol. The number of carbonyl (C=O) groups excluding carboxylic acids is 2. The second-order valence-electron chi connectivity index (χ2n) is 5.25. The topological polar surface area (TPSA) is 64.6 Å². The molecule has 0 atom stereocenters. The van der Waals surface area contributed by atoms with Crippen LogP contribution in [-0.4, -0.2) is 24.9 Å². The highest BCUT2D eigenvalue weighted by Crippen LogP contribution is 2.28. The quantitative estimate of drug-likeness (QED) is 0.677. The number of rotatable bonds is 5. The molecule has 1 heterocycles. The minimum Gasteiger partial charge on any atom is -0.494 e. The largest absolute Gasteiger partial charge is 0.494 e. The molecule has 0 fully saturated rings. The lowest BCUT2D eigenvalue weighted by Crippen LogP contribution is -2.25. The van der Waals surface area contributed by atoms with E-state index in [9.17, 15) is 9.59 Å². The molecular formula is C19H17NO4. The van der Waals surface area contributed by atoms with E-state index in [-0.39, 0.29) is 18.3 Å². The highest BCUT2D eigenvalue weighted by atomic mass is 16.5. The summed E-state index contributed by atoms with van der Waals surface area (Å²) in [6.07, 6.45) is 3.25. The first kappa shape index (κ1) is 15.8. The van der Waals surface area contributed by atoms with E-state index < -0.39 is 0 Å². The van der Waals surface area contributed by atoms with Gasteiger partial charge < -0.3 is 14.8 Å². The average molecular weight is 323 g/mol. The molecule has 0 spiro atoms. The van der Waals surface area contributed by atoms with Crippen molar-refractivity contribution in [2.45, 2.75) is 6.92 Å². The van der Waals surface area contributed by atoms with Gasteiger partial charge in [-0.05, 0) is 48.9 Å². The van der Waals surface area contributed by atoms with Crippen LogP contribution in [0.25, 0.3) is 6.08 Å². The molecular weight excluding hydrogens is 306 g/mol. The Morgan fingerprint density at radius 3 is 2.79 bits per heavy atom. The highest BCUT2D eigenvalue weighted by Gasteiger charge is 2.17.